The van der Waals surface area contributed by atoms with Crippen molar-refractivity contribution in [3.63, 3.8) is 0 Å². The third-order valence-corrected chi connectivity index (χ3v) is 3.20. The van der Waals surface area contributed by atoms with E-state index < -0.39 is 11.7 Å². The highest BCUT2D eigenvalue weighted by Gasteiger charge is 2.31. The van der Waals surface area contributed by atoms with Gasteiger partial charge >= 0.3 is 6.18 Å². The van der Waals surface area contributed by atoms with Crippen molar-refractivity contribution in [3.8, 4) is 6.07 Å². The van der Waals surface area contributed by atoms with Crippen LogP contribution in [0.1, 0.15) is 24.5 Å². The Morgan fingerprint density at radius 1 is 1.19 bits per heavy atom. The van der Waals surface area contributed by atoms with Crippen LogP contribution in [0.3, 0.4) is 0 Å². The minimum Gasteiger partial charge on any atom is -0.371 e. The number of hydrogen-bond donors (Lipinski definition) is 0. The van der Waals surface area contributed by atoms with Crippen LogP contribution in [-0.4, -0.2) is 38.6 Å². The van der Waals surface area contributed by atoms with Gasteiger partial charge in [-0.2, -0.15) is 18.4 Å². The molecule has 0 spiro atoms. The maximum absolute atomic E-state index is 12.7. The van der Waals surface area contributed by atoms with Crippen LogP contribution >= 0.6 is 0 Å². The molecule has 0 heterocycles. The highest BCUT2D eigenvalue weighted by molar-refractivity contribution is 5.60. The summed E-state index contributed by atoms with van der Waals surface area (Å²) in [6.45, 7) is 4.16. The standard InChI is InChI=1S/C15H20F3N3/c1-4-21(9-5-8-20(2)3)14-7-6-13(15(16,17)18)10-12(14)11-19/h6-7,10H,4-5,8-9H2,1-3H3. The molecule has 0 bridgehead atoms. The lowest BCUT2D eigenvalue weighted by atomic mass is 10.1. The molecule has 3 nitrogen and oxygen atoms in total. The highest BCUT2D eigenvalue weighted by Crippen LogP contribution is 2.32. The van der Waals surface area contributed by atoms with Gasteiger partial charge in [-0.1, -0.05) is 0 Å². The van der Waals surface area contributed by atoms with Crippen molar-refractivity contribution < 1.29 is 13.2 Å². The smallest absolute Gasteiger partial charge is 0.371 e. The van der Waals surface area contributed by atoms with E-state index in [2.05, 4.69) is 0 Å². The van der Waals surface area contributed by atoms with Crippen molar-refractivity contribution in [2.45, 2.75) is 19.5 Å². The van der Waals surface area contributed by atoms with E-state index in [9.17, 15) is 13.2 Å². The van der Waals surface area contributed by atoms with Crippen LogP contribution in [-0.2, 0) is 6.18 Å². The Bertz CT molecular complexity index is 504. The van der Waals surface area contributed by atoms with Crippen LogP contribution < -0.4 is 4.90 Å². The minimum atomic E-state index is -4.42. The summed E-state index contributed by atoms with van der Waals surface area (Å²) in [5, 5.41) is 9.11. The maximum Gasteiger partial charge on any atom is 0.416 e. The molecule has 0 saturated carbocycles. The maximum atomic E-state index is 12.7. The van der Waals surface area contributed by atoms with Gasteiger partial charge in [-0.3, -0.25) is 0 Å². The largest absolute Gasteiger partial charge is 0.416 e. The molecule has 0 aliphatic carbocycles. The summed E-state index contributed by atoms with van der Waals surface area (Å²) in [5.74, 6) is 0. The normalized spacial score (nSPS) is 11.5. The first-order chi connectivity index (χ1) is 9.79. The Hall–Kier alpha value is -1.74. The topological polar surface area (TPSA) is 30.3 Å². The fraction of sp³-hybridized carbons (Fsp3) is 0.533. The third-order valence-electron chi connectivity index (χ3n) is 3.20. The number of benzene rings is 1. The summed E-state index contributed by atoms with van der Waals surface area (Å²) in [5.41, 5.74) is -0.157. The average Bonchev–Trinajstić information content (AvgIpc) is 2.42. The SMILES string of the molecule is CCN(CCCN(C)C)c1ccc(C(F)(F)F)cc1C#N. The molecule has 0 radical (unpaired) electrons. The molecule has 1 rings (SSSR count). The van der Waals surface area contributed by atoms with Gasteiger partial charge in [0.05, 0.1) is 16.8 Å². The number of nitriles is 1. The second kappa shape index (κ2) is 7.32. The highest BCUT2D eigenvalue weighted by atomic mass is 19.4. The molecule has 0 aliphatic rings. The van der Waals surface area contributed by atoms with E-state index in [0.29, 0.717) is 18.8 Å². The Morgan fingerprint density at radius 3 is 2.33 bits per heavy atom. The summed E-state index contributed by atoms with van der Waals surface area (Å²) >= 11 is 0. The zero-order chi connectivity index (χ0) is 16.0. The van der Waals surface area contributed by atoms with Crippen molar-refractivity contribution in [2.24, 2.45) is 0 Å². The van der Waals surface area contributed by atoms with E-state index in [1.54, 1.807) is 0 Å². The molecule has 116 valence electrons. The van der Waals surface area contributed by atoms with Crippen molar-refractivity contribution in [1.29, 1.82) is 5.26 Å². The van der Waals surface area contributed by atoms with E-state index in [0.717, 1.165) is 25.1 Å². The fourth-order valence-corrected chi connectivity index (χ4v) is 2.10. The molecule has 0 aliphatic heterocycles. The van der Waals surface area contributed by atoms with Crippen molar-refractivity contribution in [1.82, 2.24) is 4.90 Å². The Balaban J connectivity index is 2.97. The van der Waals surface area contributed by atoms with Crippen molar-refractivity contribution in [3.05, 3.63) is 29.3 Å². The van der Waals surface area contributed by atoms with Crippen LogP contribution in [0.15, 0.2) is 18.2 Å². The predicted molar refractivity (Wildman–Crippen MR) is 77.2 cm³/mol. The molecule has 0 unspecified atom stereocenters. The molecule has 0 aromatic heterocycles. The van der Waals surface area contributed by atoms with Gasteiger partial charge in [-0.05, 0) is 52.2 Å². The molecule has 0 atom stereocenters. The van der Waals surface area contributed by atoms with Gasteiger partial charge in [0, 0.05) is 13.1 Å². The first-order valence-electron chi connectivity index (χ1n) is 6.80. The average molecular weight is 299 g/mol. The van der Waals surface area contributed by atoms with Crippen LogP contribution in [0, 0.1) is 11.3 Å². The molecule has 0 amide bonds. The number of nitrogens with zero attached hydrogens (tertiary/aromatic N) is 3. The molecule has 1 aromatic rings. The van der Waals surface area contributed by atoms with Gasteiger partial charge in [0.1, 0.15) is 6.07 Å². The van der Waals surface area contributed by atoms with E-state index in [1.165, 1.54) is 6.07 Å². The van der Waals surface area contributed by atoms with Crippen molar-refractivity contribution >= 4 is 5.69 Å². The van der Waals surface area contributed by atoms with Gasteiger partial charge in [0.2, 0.25) is 0 Å². The second-order valence-corrected chi connectivity index (χ2v) is 5.08. The molecular formula is C15H20F3N3. The van der Waals surface area contributed by atoms with E-state index in [-0.39, 0.29) is 5.56 Å². The van der Waals surface area contributed by atoms with Crippen LogP contribution in [0.25, 0.3) is 0 Å². The predicted octanol–water partition coefficient (Wildman–Crippen LogP) is 3.36. The summed E-state index contributed by atoms with van der Waals surface area (Å²) in [6, 6.07) is 5.21. The first-order valence-corrected chi connectivity index (χ1v) is 6.80. The lowest BCUT2D eigenvalue weighted by Crippen LogP contribution is -2.27. The third kappa shape index (κ3) is 4.94. The molecule has 6 heteroatoms. The molecule has 0 saturated heterocycles. The summed E-state index contributed by atoms with van der Waals surface area (Å²) < 4.78 is 38.0. The van der Waals surface area contributed by atoms with Crippen LogP contribution in [0.2, 0.25) is 0 Å². The van der Waals surface area contributed by atoms with E-state index in [1.807, 2.05) is 36.9 Å². The molecule has 0 N–H and O–H groups in total. The zero-order valence-corrected chi connectivity index (χ0v) is 12.5. The number of alkyl halides is 3. The number of anilines is 1. The molecular weight excluding hydrogens is 279 g/mol. The summed E-state index contributed by atoms with van der Waals surface area (Å²) in [4.78, 5) is 3.98. The zero-order valence-electron chi connectivity index (χ0n) is 12.5. The number of rotatable bonds is 6. The van der Waals surface area contributed by atoms with Crippen molar-refractivity contribution in [2.75, 3.05) is 38.6 Å². The summed E-state index contributed by atoms with van der Waals surface area (Å²) in [6.07, 6.45) is -3.54. The van der Waals surface area contributed by atoms with Gasteiger partial charge < -0.3 is 9.80 Å². The quantitative estimate of drug-likeness (QED) is 0.807. The molecule has 21 heavy (non-hydrogen) atoms. The van der Waals surface area contributed by atoms with Gasteiger partial charge in [-0.15, -0.1) is 0 Å². The van der Waals surface area contributed by atoms with Crippen LogP contribution in [0.5, 0.6) is 0 Å². The Morgan fingerprint density at radius 2 is 1.86 bits per heavy atom. The monoisotopic (exact) mass is 299 g/mol. The van der Waals surface area contributed by atoms with Crippen LogP contribution in [0.4, 0.5) is 18.9 Å². The minimum absolute atomic E-state index is 0.0662. The van der Waals surface area contributed by atoms with E-state index in [4.69, 9.17) is 5.26 Å². The first kappa shape index (κ1) is 17.3. The van der Waals surface area contributed by atoms with E-state index >= 15 is 0 Å². The van der Waals surface area contributed by atoms with Gasteiger partial charge in [0.25, 0.3) is 0 Å². The second-order valence-electron chi connectivity index (χ2n) is 5.08. The van der Waals surface area contributed by atoms with Gasteiger partial charge in [-0.25, -0.2) is 0 Å². The van der Waals surface area contributed by atoms with Gasteiger partial charge in [0.15, 0.2) is 0 Å². The lowest BCUT2D eigenvalue weighted by molar-refractivity contribution is -0.137. The molecule has 1 aromatic carbocycles. The Kier molecular flexibility index (Phi) is 6.03. The fourth-order valence-electron chi connectivity index (χ4n) is 2.10. The Labute approximate surface area is 123 Å². The number of hydrogen-bond acceptors (Lipinski definition) is 3. The number of halogens is 3. The molecule has 0 fully saturated rings. The summed E-state index contributed by atoms with van der Waals surface area (Å²) in [7, 11) is 3.93. The lowest BCUT2D eigenvalue weighted by Gasteiger charge is -2.25.